The molecule has 0 unspecified atom stereocenters. The number of methoxy groups -OCH3 is 2. The topological polar surface area (TPSA) is 42.5 Å². The Labute approximate surface area is 118 Å². The van der Waals surface area contributed by atoms with Gasteiger partial charge in [0.2, 0.25) is 0 Å². The zero-order valence-electron chi connectivity index (χ0n) is 10.5. The lowest BCUT2D eigenvalue weighted by Gasteiger charge is -2.13. The van der Waals surface area contributed by atoms with Gasteiger partial charge >= 0.3 is 0 Å². The Kier molecular flexibility index (Phi) is 6.78. The summed E-state index contributed by atoms with van der Waals surface area (Å²) in [5.74, 6) is 0.695. The highest BCUT2D eigenvalue weighted by atomic mass is 35.5. The maximum absolute atomic E-state index is 5.93. The van der Waals surface area contributed by atoms with E-state index in [-0.39, 0.29) is 0 Å². The molecule has 1 aromatic carbocycles. The third-order valence-electron chi connectivity index (χ3n) is 2.22. The van der Waals surface area contributed by atoms with Gasteiger partial charge in [0.05, 0.1) is 12.8 Å². The summed E-state index contributed by atoms with van der Waals surface area (Å²) in [5, 5.41) is 7.29. The predicted molar refractivity (Wildman–Crippen MR) is 78.7 cm³/mol. The summed E-state index contributed by atoms with van der Waals surface area (Å²) in [6, 6.07) is 5.32. The van der Waals surface area contributed by atoms with Gasteiger partial charge < -0.3 is 20.1 Å². The van der Waals surface area contributed by atoms with Gasteiger partial charge in [-0.1, -0.05) is 11.6 Å². The molecule has 0 saturated carbocycles. The number of halogens is 1. The minimum Gasteiger partial charge on any atom is -0.495 e. The highest BCUT2D eigenvalue weighted by Gasteiger charge is 2.05. The van der Waals surface area contributed by atoms with E-state index in [9.17, 15) is 0 Å². The summed E-state index contributed by atoms with van der Waals surface area (Å²) in [6.07, 6.45) is 0.894. The van der Waals surface area contributed by atoms with Crippen molar-refractivity contribution in [3.05, 3.63) is 23.2 Å². The molecule has 6 heteroatoms. The average Bonchev–Trinajstić information content (AvgIpc) is 2.35. The van der Waals surface area contributed by atoms with Crippen molar-refractivity contribution in [2.75, 3.05) is 32.7 Å². The van der Waals surface area contributed by atoms with E-state index in [0.29, 0.717) is 22.5 Å². The lowest BCUT2D eigenvalue weighted by molar-refractivity contribution is 0.196. The molecule has 0 aliphatic carbocycles. The predicted octanol–water partition coefficient (Wildman–Crippen LogP) is 2.67. The van der Waals surface area contributed by atoms with Crippen LogP contribution in [0.3, 0.4) is 0 Å². The van der Waals surface area contributed by atoms with Crippen LogP contribution in [0.5, 0.6) is 5.75 Å². The molecule has 18 heavy (non-hydrogen) atoms. The highest BCUT2D eigenvalue weighted by molar-refractivity contribution is 7.80. The van der Waals surface area contributed by atoms with Crippen LogP contribution in [0, 0.1) is 0 Å². The van der Waals surface area contributed by atoms with E-state index >= 15 is 0 Å². The second-order valence-corrected chi connectivity index (χ2v) is 4.42. The van der Waals surface area contributed by atoms with E-state index in [4.69, 9.17) is 33.3 Å². The van der Waals surface area contributed by atoms with Gasteiger partial charge in [-0.2, -0.15) is 0 Å². The Morgan fingerprint density at radius 2 is 2.17 bits per heavy atom. The first kappa shape index (κ1) is 15.0. The number of anilines is 1. The standard InChI is InChI=1S/C12H17ClN2O2S/c1-16-7-3-6-14-12(18)15-10-8-9(13)4-5-11(10)17-2/h4-5,8H,3,6-7H2,1-2H3,(H2,14,15,18). The third kappa shape index (κ3) is 5.08. The molecular formula is C12H17ClN2O2S. The molecule has 0 amide bonds. The number of nitrogens with one attached hydrogen (secondary N) is 2. The third-order valence-corrected chi connectivity index (χ3v) is 2.70. The van der Waals surface area contributed by atoms with Gasteiger partial charge in [-0.05, 0) is 36.8 Å². The van der Waals surface area contributed by atoms with Crippen LogP contribution in [0.25, 0.3) is 0 Å². The minimum atomic E-state index is 0.534. The summed E-state index contributed by atoms with van der Waals surface area (Å²) >= 11 is 11.1. The van der Waals surface area contributed by atoms with E-state index < -0.39 is 0 Å². The fourth-order valence-corrected chi connectivity index (χ4v) is 1.75. The van der Waals surface area contributed by atoms with Crippen LogP contribution in [-0.4, -0.2) is 32.5 Å². The molecule has 1 aromatic rings. The molecule has 1 rings (SSSR count). The van der Waals surface area contributed by atoms with Crippen molar-refractivity contribution in [2.24, 2.45) is 0 Å². The Hall–Kier alpha value is -1.04. The van der Waals surface area contributed by atoms with Crippen LogP contribution in [0.2, 0.25) is 5.02 Å². The van der Waals surface area contributed by atoms with Crippen molar-refractivity contribution in [3.63, 3.8) is 0 Å². The Balaban J connectivity index is 2.50. The number of ether oxygens (including phenoxy) is 2. The molecule has 0 aromatic heterocycles. The molecule has 2 N–H and O–H groups in total. The van der Waals surface area contributed by atoms with Crippen molar-refractivity contribution in [1.29, 1.82) is 0 Å². The molecule has 0 fully saturated rings. The Morgan fingerprint density at radius 1 is 1.39 bits per heavy atom. The molecule has 0 atom stereocenters. The Morgan fingerprint density at radius 3 is 2.83 bits per heavy atom. The van der Waals surface area contributed by atoms with Crippen molar-refractivity contribution in [1.82, 2.24) is 5.32 Å². The molecule has 4 nitrogen and oxygen atoms in total. The number of benzene rings is 1. The number of hydrogen-bond acceptors (Lipinski definition) is 3. The van der Waals surface area contributed by atoms with Gasteiger partial charge in [-0.15, -0.1) is 0 Å². The fourth-order valence-electron chi connectivity index (χ4n) is 1.36. The zero-order valence-corrected chi connectivity index (χ0v) is 12.0. The van der Waals surface area contributed by atoms with Gasteiger partial charge in [0.15, 0.2) is 5.11 Å². The second kappa shape index (κ2) is 8.13. The lowest BCUT2D eigenvalue weighted by Crippen LogP contribution is -2.29. The largest absolute Gasteiger partial charge is 0.495 e. The first-order valence-electron chi connectivity index (χ1n) is 5.54. The second-order valence-electron chi connectivity index (χ2n) is 3.57. The van der Waals surface area contributed by atoms with Gasteiger partial charge in [0.25, 0.3) is 0 Å². The molecule has 0 saturated heterocycles. The maximum atomic E-state index is 5.93. The van der Waals surface area contributed by atoms with Crippen LogP contribution in [0.15, 0.2) is 18.2 Å². The van der Waals surface area contributed by atoms with Gasteiger partial charge in [-0.3, -0.25) is 0 Å². The maximum Gasteiger partial charge on any atom is 0.170 e. The summed E-state index contributed by atoms with van der Waals surface area (Å²) in [5.41, 5.74) is 0.745. The van der Waals surface area contributed by atoms with E-state index in [0.717, 1.165) is 18.7 Å². The molecule has 0 aliphatic rings. The number of thiocarbonyl (C=S) groups is 1. The molecule has 0 heterocycles. The van der Waals surface area contributed by atoms with E-state index in [2.05, 4.69) is 10.6 Å². The SMILES string of the molecule is COCCCNC(=S)Nc1cc(Cl)ccc1OC. The van der Waals surface area contributed by atoms with Crippen LogP contribution in [0.1, 0.15) is 6.42 Å². The average molecular weight is 289 g/mol. The quantitative estimate of drug-likeness (QED) is 0.622. The van der Waals surface area contributed by atoms with E-state index in [1.165, 1.54) is 0 Å². The monoisotopic (exact) mass is 288 g/mol. The molecular weight excluding hydrogens is 272 g/mol. The van der Waals surface area contributed by atoms with Gasteiger partial charge in [-0.25, -0.2) is 0 Å². The van der Waals surface area contributed by atoms with E-state index in [1.807, 2.05) is 0 Å². The van der Waals surface area contributed by atoms with Crippen molar-refractivity contribution < 1.29 is 9.47 Å². The normalized spacial score (nSPS) is 9.94. The lowest BCUT2D eigenvalue weighted by atomic mass is 10.3. The van der Waals surface area contributed by atoms with Crippen LogP contribution < -0.4 is 15.4 Å². The van der Waals surface area contributed by atoms with Crippen molar-refractivity contribution in [3.8, 4) is 5.75 Å². The van der Waals surface area contributed by atoms with Crippen LogP contribution in [0.4, 0.5) is 5.69 Å². The van der Waals surface area contributed by atoms with Crippen LogP contribution >= 0.6 is 23.8 Å². The summed E-state index contributed by atoms with van der Waals surface area (Å²) in [6.45, 7) is 1.46. The summed E-state index contributed by atoms with van der Waals surface area (Å²) in [7, 11) is 3.27. The minimum absolute atomic E-state index is 0.534. The molecule has 0 spiro atoms. The molecule has 100 valence electrons. The molecule has 0 radical (unpaired) electrons. The zero-order chi connectivity index (χ0) is 13.4. The van der Waals surface area contributed by atoms with Crippen LogP contribution in [-0.2, 0) is 4.74 Å². The molecule has 0 aliphatic heterocycles. The van der Waals surface area contributed by atoms with Gasteiger partial charge in [0, 0.05) is 25.3 Å². The van der Waals surface area contributed by atoms with Crippen molar-refractivity contribution >= 4 is 34.6 Å². The fraction of sp³-hybridized carbons (Fsp3) is 0.417. The highest BCUT2D eigenvalue weighted by Crippen LogP contribution is 2.27. The van der Waals surface area contributed by atoms with Crippen molar-refractivity contribution in [2.45, 2.75) is 6.42 Å². The number of rotatable bonds is 6. The molecule has 0 bridgehead atoms. The van der Waals surface area contributed by atoms with E-state index in [1.54, 1.807) is 32.4 Å². The smallest absolute Gasteiger partial charge is 0.170 e. The summed E-state index contributed by atoms with van der Waals surface area (Å²) < 4.78 is 10.2. The number of hydrogen-bond donors (Lipinski definition) is 2. The van der Waals surface area contributed by atoms with Gasteiger partial charge in [0.1, 0.15) is 5.75 Å². The first-order chi connectivity index (χ1) is 8.67. The summed E-state index contributed by atoms with van der Waals surface area (Å²) in [4.78, 5) is 0. The first-order valence-corrected chi connectivity index (χ1v) is 6.33. The Bertz CT molecular complexity index is 402.